The van der Waals surface area contributed by atoms with Crippen molar-refractivity contribution in [2.75, 3.05) is 0 Å². The molecule has 3 aromatic rings. The summed E-state index contributed by atoms with van der Waals surface area (Å²) in [7, 11) is 0. The number of hydrogen-bond acceptors (Lipinski definition) is 2. The van der Waals surface area contributed by atoms with Crippen molar-refractivity contribution in [3.8, 4) is 0 Å². The largest absolute Gasteiger partial charge is 0.288 e. The molecule has 3 heteroatoms. The van der Waals surface area contributed by atoms with Gasteiger partial charge >= 0.3 is 0 Å². The predicted molar refractivity (Wildman–Crippen MR) is 91.1 cm³/mol. The van der Waals surface area contributed by atoms with Crippen LogP contribution in [0.5, 0.6) is 0 Å². The topological polar surface area (TPSA) is 17.1 Å². The second kappa shape index (κ2) is 6.37. The third-order valence-electron chi connectivity index (χ3n) is 3.26. The van der Waals surface area contributed by atoms with Crippen molar-refractivity contribution in [3.63, 3.8) is 0 Å². The summed E-state index contributed by atoms with van der Waals surface area (Å²) in [6, 6.07) is 22.0. The van der Waals surface area contributed by atoms with Crippen LogP contribution in [-0.2, 0) is 6.42 Å². The van der Waals surface area contributed by atoms with Gasteiger partial charge in [-0.05, 0) is 45.6 Å². The molecule has 1 aromatic heterocycles. The molecule has 2 aromatic carbocycles. The highest BCUT2D eigenvalue weighted by molar-refractivity contribution is 9.11. The zero-order valence-electron chi connectivity index (χ0n) is 11.3. The third-order valence-corrected chi connectivity index (χ3v) is 4.89. The lowest BCUT2D eigenvalue weighted by Gasteiger charge is -2.03. The van der Waals surface area contributed by atoms with Crippen LogP contribution in [0, 0.1) is 0 Å². The average molecular weight is 357 g/mol. The first-order chi connectivity index (χ1) is 10.2. The first-order valence-electron chi connectivity index (χ1n) is 6.65. The van der Waals surface area contributed by atoms with Crippen molar-refractivity contribution >= 4 is 33.0 Å². The lowest BCUT2D eigenvalue weighted by molar-refractivity contribution is 0.104. The van der Waals surface area contributed by atoms with Crippen molar-refractivity contribution in [2.24, 2.45) is 0 Å². The van der Waals surface area contributed by atoms with Crippen LogP contribution < -0.4 is 0 Å². The minimum Gasteiger partial charge on any atom is -0.288 e. The molecule has 21 heavy (non-hydrogen) atoms. The van der Waals surface area contributed by atoms with Gasteiger partial charge in [-0.25, -0.2) is 0 Å². The van der Waals surface area contributed by atoms with E-state index in [0.717, 1.165) is 20.6 Å². The van der Waals surface area contributed by atoms with Crippen LogP contribution in [0.4, 0.5) is 0 Å². The summed E-state index contributed by atoms with van der Waals surface area (Å²) in [5, 5.41) is 0. The lowest BCUT2D eigenvalue weighted by Crippen LogP contribution is -1.98. The van der Waals surface area contributed by atoms with Gasteiger partial charge in [-0.2, -0.15) is 0 Å². The Kier molecular flexibility index (Phi) is 4.32. The summed E-state index contributed by atoms with van der Waals surface area (Å²) in [6.07, 6.45) is 0.889. The Morgan fingerprint density at radius 1 is 0.857 bits per heavy atom. The molecule has 0 radical (unpaired) electrons. The molecule has 3 rings (SSSR count). The van der Waals surface area contributed by atoms with Crippen molar-refractivity contribution < 1.29 is 4.79 Å². The summed E-state index contributed by atoms with van der Waals surface area (Å²) in [5.74, 6) is 0.0805. The first-order valence-corrected chi connectivity index (χ1v) is 8.26. The highest BCUT2D eigenvalue weighted by atomic mass is 79.9. The number of ketones is 1. The number of thiophene rings is 1. The Hall–Kier alpha value is -1.71. The van der Waals surface area contributed by atoms with Crippen LogP contribution in [0.3, 0.4) is 0 Å². The van der Waals surface area contributed by atoms with Gasteiger partial charge in [0.05, 0.1) is 8.66 Å². The summed E-state index contributed by atoms with van der Waals surface area (Å²) >= 11 is 4.85. The summed E-state index contributed by atoms with van der Waals surface area (Å²) in [4.78, 5) is 13.1. The summed E-state index contributed by atoms with van der Waals surface area (Å²) in [6.45, 7) is 0. The fraction of sp³-hybridized carbons (Fsp3) is 0.0556. The zero-order valence-corrected chi connectivity index (χ0v) is 13.7. The second-order valence-corrected chi connectivity index (χ2v) is 7.26. The molecular weight excluding hydrogens is 344 g/mol. The second-order valence-electron chi connectivity index (χ2n) is 4.79. The standard InChI is InChI=1S/C18H13BrOS/c19-17-11-10-16(21-17)18(20)15-8-6-14(7-9-15)12-13-4-2-1-3-5-13/h1-11H,12H2. The normalized spacial score (nSPS) is 10.5. The van der Waals surface area contributed by atoms with Crippen molar-refractivity contribution in [1.82, 2.24) is 0 Å². The molecule has 0 aliphatic rings. The smallest absolute Gasteiger partial charge is 0.202 e. The van der Waals surface area contributed by atoms with E-state index in [0.29, 0.717) is 0 Å². The number of benzene rings is 2. The number of hydrogen-bond donors (Lipinski definition) is 0. The van der Waals surface area contributed by atoms with E-state index in [1.165, 1.54) is 22.5 Å². The van der Waals surface area contributed by atoms with E-state index in [-0.39, 0.29) is 5.78 Å². The maximum Gasteiger partial charge on any atom is 0.202 e. The highest BCUT2D eigenvalue weighted by Gasteiger charge is 2.11. The Bertz CT molecular complexity index is 744. The van der Waals surface area contributed by atoms with Gasteiger partial charge in [0, 0.05) is 5.56 Å². The van der Waals surface area contributed by atoms with Crippen LogP contribution in [0.25, 0.3) is 0 Å². The van der Waals surface area contributed by atoms with Gasteiger partial charge < -0.3 is 0 Å². The number of rotatable bonds is 4. The van der Waals surface area contributed by atoms with Crippen LogP contribution >= 0.6 is 27.3 Å². The quantitative estimate of drug-likeness (QED) is 0.577. The molecule has 0 N–H and O–H groups in total. The molecule has 0 fully saturated rings. The molecular formula is C18H13BrOS. The summed E-state index contributed by atoms with van der Waals surface area (Å²) < 4.78 is 0.978. The van der Waals surface area contributed by atoms with E-state index < -0.39 is 0 Å². The van der Waals surface area contributed by atoms with Crippen molar-refractivity contribution in [1.29, 1.82) is 0 Å². The molecule has 1 nitrogen and oxygen atoms in total. The molecule has 0 saturated carbocycles. The van der Waals surface area contributed by atoms with Crippen LogP contribution in [0.2, 0.25) is 0 Å². The zero-order chi connectivity index (χ0) is 14.7. The molecule has 0 amide bonds. The van der Waals surface area contributed by atoms with Crippen LogP contribution in [-0.4, -0.2) is 5.78 Å². The Morgan fingerprint density at radius 2 is 1.52 bits per heavy atom. The van der Waals surface area contributed by atoms with Gasteiger partial charge in [0.2, 0.25) is 5.78 Å². The SMILES string of the molecule is O=C(c1ccc(Cc2ccccc2)cc1)c1ccc(Br)s1. The van der Waals surface area contributed by atoms with E-state index in [2.05, 4.69) is 28.1 Å². The maximum atomic E-state index is 12.3. The number of carbonyl (C=O) groups is 1. The van der Waals surface area contributed by atoms with Gasteiger partial charge in [0.1, 0.15) is 0 Å². The van der Waals surface area contributed by atoms with E-state index in [9.17, 15) is 4.79 Å². The Balaban J connectivity index is 1.76. The molecule has 0 atom stereocenters. The number of carbonyl (C=O) groups excluding carboxylic acids is 1. The fourth-order valence-electron chi connectivity index (χ4n) is 2.18. The maximum absolute atomic E-state index is 12.3. The molecule has 0 aliphatic carbocycles. The molecule has 0 saturated heterocycles. The van der Waals surface area contributed by atoms with Gasteiger partial charge in [0.15, 0.2) is 0 Å². The van der Waals surface area contributed by atoms with Crippen LogP contribution in [0.1, 0.15) is 26.4 Å². The van der Waals surface area contributed by atoms with Crippen LogP contribution in [0.15, 0.2) is 70.5 Å². The molecule has 0 aliphatic heterocycles. The lowest BCUT2D eigenvalue weighted by atomic mass is 10.0. The molecule has 104 valence electrons. The first kappa shape index (κ1) is 14.2. The molecule has 1 heterocycles. The number of halogens is 1. The van der Waals surface area contributed by atoms with Gasteiger partial charge in [-0.3, -0.25) is 4.79 Å². The predicted octanol–water partition coefficient (Wildman–Crippen LogP) is 5.33. The average Bonchev–Trinajstić information content (AvgIpc) is 2.95. The van der Waals surface area contributed by atoms with Crippen molar-refractivity contribution in [2.45, 2.75) is 6.42 Å². The molecule has 0 bridgehead atoms. The van der Waals surface area contributed by atoms with E-state index in [1.54, 1.807) is 0 Å². The van der Waals surface area contributed by atoms with Gasteiger partial charge in [0.25, 0.3) is 0 Å². The fourth-order valence-corrected chi connectivity index (χ4v) is 3.53. The van der Waals surface area contributed by atoms with Gasteiger partial charge in [-0.15, -0.1) is 11.3 Å². The summed E-state index contributed by atoms with van der Waals surface area (Å²) in [5.41, 5.74) is 3.23. The third kappa shape index (κ3) is 3.49. The minimum absolute atomic E-state index is 0.0805. The van der Waals surface area contributed by atoms with E-state index >= 15 is 0 Å². The highest BCUT2D eigenvalue weighted by Crippen LogP contribution is 2.24. The van der Waals surface area contributed by atoms with Crippen molar-refractivity contribution in [3.05, 3.63) is 92.1 Å². The molecule has 0 spiro atoms. The van der Waals surface area contributed by atoms with E-state index in [4.69, 9.17) is 0 Å². The Morgan fingerprint density at radius 3 is 2.14 bits per heavy atom. The molecule has 0 unspecified atom stereocenters. The van der Waals surface area contributed by atoms with Gasteiger partial charge in [-0.1, -0.05) is 54.6 Å². The monoisotopic (exact) mass is 356 g/mol. The van der Waals surface area contributed by atoms with E-state index in [1.807, 2.05) is 54.6 Å². The minimum atomic E-state index is 0.0805. The Labute approximate surface area is 136 Å².